The Balaban J connectivity index is 1.78. The summed E-state index contributed by atoms with van der Waals surface area (Å²) in [5, 5.41) is 18.9. The molecule has 1 aliphatic heterocycles. The number of hydrogen-bond acceptors (Lipinski definition) is 5. The van der Waals surface area contributed by atoms with E-state index in [4.69, 9.17) is 4.74 Å². The van der Waals surface area contributed by atoms with E-state index in [2.05, 4.69) is 16.3 Å². The molecule has 1 aliphatic rings. The van der Waals surface area contributed by atoms with Crippen LogP contribution in [0.2, 0.25) is 0 Å². The molecule has 1 aromatic carbocycles. The molecule has 0 fully saturated rings. The van der Waals surface area contributed by atoms with E-state index < -0.39 is 0 Å². The number of phenols is 1. The van der Waals surface area contributed by atoms with E-state index in [9.17, 15) is 9.90 Å². The Hall–Kier alpha value is -2.64. The third-order valence-corrected chi connectivity index (χ3v) is 5.49. The van der Waals surface area contributed by atoms with Crippen molar-refractivity contribution in [2.24, 2.45) is 0 Å². The molecule has 2 N–H and O–H groups in total. The Morgan fingerprint density at radius 3 is 2.81 bits per heavy atom. The van der Waals surface area contributed by atoms with Crippen molar-refractivity contribution in [3.8, 4) is 17.0 Å². The van der Waals surface area contributed by atoms with Gasteiger partial charge in [0.25, 0.3) is 5.91 Å². The van der Waals surface area contributed by atoms with Crippen molar-refractivity contribution in [3.05, 3.63) is 57.9 Å². The van der Waals surface area contributed by atoms with Gasteiger partial charge >= 0.3 is 0 Å². The highest BCUT2D eigenvalue weighted by atomic mass is 32.1. The summed E-state index contributed by atoms with van der Waals surface area (Å²) in [6.07, 6.45) is 0.774. The molecule has 0 saturated heterocycles. The molecule has 1 amide bonds. The summed E-state index contributed by atoms with van der Waals surface area (Å²) in [6.45, 7) is 1.23. The van der Waals surface area contributed by atoms with Crippen molar-refractivity contribution in [2.75, 3.05) is 20.3 Å². The number of fused-ring (bicyclic) bond motifs is 1. The number of carbonyl (C=O) groups excluding carboxylic acids is 1. The van der Waals surface area contributed by atoms with Crippen LogP contribution in [0.15, 0.2) is 41.8 Å². The third-order valence-electron chi connectivity index (χ3n) is 4.56. The maximum Gasteiger partial charge on any atom is 0.273 e. The average molecular weight is 369 g/mol. The van der Waals surface area contributed by atoms with E-state index in [0.29, 0.717) is 18.8 Å². The van der Waals surface area contributed by atoms with E-state index in [1.165, 1.54) is 0 Å². The second kappa shape index (κ2) is 6.93. The first-order chi connectivity index (χ1) is 12.7. The highest BCUT2D eigenvalue weighted by molar-refractivity contribution is 7.10. The smallest absolute Gasteiger partial charge is 0.273 e. The average Bonchev–Trinajstić information content (AvgIpc) is 3.35. The van der Waals surface area contributed by atoms with Gasteiger partial charge in [-0.1, -0.05) is 6.07 Å². The molecule has 4 rings (SSSR count). The van der Waals surface area contributed by atoms with Crippen molar-refractivity contribution >= 4 is 17.2 Å². The third kappa shape index (κ3) is 2.79. The quantitative estimate of drug-likeness (QED) is 0.653. The second-order valence-corrected chi connectivity index (χ2v) is 7.15. The number of ether oxygens (including phenoxy) is 1. The number of amides is 1. The summed E-state index contributed by atoms with van der Waals surface area (Å²) in [7, 11) is 1.66. The van der Waals surface area contributed by atoms with Gasteiger partial charge in [-0.25, -0.2) is 0 Å². The lowest BCUT2D eigenvalue weighted by Crippen LogP contribution is -2.30. The van der Waals surface area contributed by atoms with Crippen LogP contribution in [0.25, 0.3) is 11.3 Å². The van der Waals surface area contributed by atoms with Gasteiger partial charge in [0.15, 0.2) is 0 Å². The van der Waals surface area contributed by atoms with E-state index in [0.717, 1.165) is 28.1 Å². The largest absolute Gasteiger partial charge is 0.508 e. The normalized spacial score (nSPS) is 16.3. The molecular weight excluding hydrogens is 350 g/mol. The number of nitrogens with zero attached hydrogens (tertiary/aromatic N) is 2. The zero-order chi connectivity index (χ0) is 18.1. The summed E-state index contributed by atoms with van der Waals surface area (Å²) in [4.78, 5) is 16.0. The lowest BCUT2D eigenvalue weighted by Gasteiger charge is -2.25. The van der Waals surface area contributed by atoms with Crippen LogP contribution >= 0.6 is 11.3 Å². The van der Waals surface area contributed by atoms with Crippen LogP contribution in [0.5, 0.6) is 5.75 Å². The summed E-state index contributed by atoms with van der Waals surface area (Å²) >= 11 is 1.63. The van der Waals surface area contributed by atoms with Crippen molar-refractivity contribution in [1.29, 1.82) is 0 Å². The Morgan fingerprint density at radius 2 is 2.12 bits per heavy atom. The molecule has 6 nitrogen and oxygen atoms in total. The van der Waals surface area contributed by atoms with Crippen LogP contribution in [0.4, 0.5) is 0 Å². The van der Waals surface area contributed by atoms with Crippen LogP contribution in [-0.4, -0.2) is 46.4 Å². The number of carbonyl (C=O) groups is 1. The molecule has 3 aromatic rings. The molecule has 134 valence electrons. The molecular formula is C19H19N3O3S. The van der Waals surface area contributed by atoms with E-state index >= 15 is 0 Å². The lowest BCUT2D eigenvalue weighted by atomic mass is 10.0. The number of aromatic amines is 1. The Kier molecular flexibility index (Phi) is 4.48. The summed E-state index contributed by atoms with van der Waals surface area (Å²) in [6, 6.07) is 10.8. The molecule has 2 aromatic heterocycles. The standard InChI is InChI=1S/C19H19N3O3S/c1-25-10-3-9-22-18(14-4-2-11-26-14)15-16(20-21-17(15)19(22)24)12-5-7-13(23)8-6-12/h2,4-8,11,18,23H,3,9-10H2,1H3,(H,20,21). The molecule has 0 saturated carbocycles. The molecule has 0 bridgehead atoms. The predicted octanol–water partition coefficient (Wildman–Crippen LogP) is 3.43. The van der Waals surface area contributed by atoms with E-state index in [-0.39, 0.29) is 17.7 Å². The van der Waals surface area contributed by atoms with Gasteiger partial charge in [0.2, 0.25) is 0 Å². The first-order valence-corrected chi connectivity index (χ1v) is 9.29. The molecule has 7 heteroatoms. The molecule has 3 heterocycles. The number of rotatable bonds is 6. The predicted molar refractivity (Wildman–Crippen MR) is 99.4 cm³/mol. The Bertz CT molecular complexity index is 903. The van der Waals surface area contributed by atoms with Gasteiger partial charge in [0, 0.05) is 36.3 Å². The van der Waals surface area contributed by atoms with Crippen LogP contribution in [0.1, 0.15) is 33.4 Å². The number of H-pyrrole nitrogens is 1. The molecule has 0 aliphatic carbocycles. The Labute approximate surface area is 155 Å². The number of aromatic nitrogens is 2. The van der Waals surface area contributed by atoms with Crippen LogP contribution in [0.3, 0.4) is 0 Å². The SMILES string of the molecule is COCCCN1C(=O)c2[nH]nc(-c3ccc(O)cc3)c2C1c1cccs1. The lowest BCUT2D eigenvalue weighted by molar-refractivity contribution is 0.0725. The number of aromatic hydroxyl groups is 1. The van der Waals surface area contributed by atoms with Crippen molar-refractivity contribution in [3.63, 3.8) is 0 Å². The van der Waals surface area contributed by atoms with Crippen LogP contribution in [0, 0.1) is 0 Å². The molecule has 26 heavy (non-hydrogen) atoms. The first kappa shape index (κ1) is 16.8. The molecule has 1 atom stereocenters. The van der Waals surface area contributed by atoms with Gasteiger partial charge in [0.1, 0.15) is 11.4 Å². The van der Waals surface area contributed by atoms with Crippen LogP contribution in [-0.2, 0) is 4.74 Å². The number of thiophene rings is 1. The maximum absolute atomic E-state index is 13.0. The number of methoxy groups -OCH3 is 1. The fraction of sp³-hybridized carbons (Fsp3) is 0.263. The molecule has 1 unspecified atom stereocenters. The second-order valence-electron chi connectivity index (χ2n) is 6.17. The van der Waals surface area contributed by atoms with Gasteiger partial charge < -0.3 is 14.7 Å². The molecule has 0 radical (unpaired) electrons. The van der Waals surface area contributed by atoms with Gasteiger partial charge in [-0.15, -0.1) is 11.3 Å². The van der Waals surface area contributed by atoms with Crippen molar-refractivity contribution < 1.29 is 14.6 Å². The van der Waals surface area contributed by atoms with Gasteiger partial charge in [-0.2, -0.15) is 5.10 Å². The van der Waals surface area contributed by atoms with Gasteiger partial charge in [-0.3, -0.25) is 9.89 Å². The summed E-state index contributed by atoms with van der Waals surface area (Å²) in [5.74, 6) is 0.167. The monoisotopic (exact) mass is 369 g/mol. The topological polar surface area (TPSA) is 78.5 Å². The highest BCUT2D eigenvalue weighted by Gasteiger charge is 2.42. The first-order valence-electron chi connectivity index (χ1n) is 8.41. The van der Waals surface area contributed by atoms with Crippen LogP contribution < -0.4 is 0 Å². The number of benzene rings is 1. The minimum Gasteiger partial charge on any atom is -0.508 e. The molecule has 0 spiro atoms. The summed E-state index contributed by atoms with van der Waals surface area (Å²) < 4.78 is 5.15. The Morgan fingerprint density at radius 1 is 1.31 bits per heavy atom. The van der Waals surface area contributed by atoms with E-state index in [1.54, 1.807) is 30.6 Å². The zero-order valence-electron chi connectivity index (χ0n) is 14.3. The van der Waals surface area contributed by atoms with E-state index in [1.807, 2.05) is 28.5 Å². The fourth-order valence-corrected chi connectivity index (χ4v) is 4.23. The van der Waals surface area contributed by atoms with Crippen molar-refractivity contribution in [1.82, 2.24) is 15.1 Å². The zero-order valence-corrected chi connectivity index (χ0v) is 15.1. The minimum absolute atomic E-state index is 0.0352. The minimum atomic E-state index is -0.156. The highest BCUT2D eigenvalue weighted by Crippen LogP contribution is 2.44. The van der Waals surface area contributed by atoms with Crippen molar-refractivity contribution in [2.45, 2.75) is 12.5 Å². The number of phenolic OH excluding ortho intramolecular Hbond substituents is 1. The number of nitrogens with one attached hydrogen (secondary N) is 1. The van der Waals surface area contributed by atoms with Gasteiger partial charge in [-0.05, 0) is 42.1 Å². The maximum atomic E-state index is 13.0. The van der Waals surface area contributed by atoms with Gasteiger partial charge in [0.05, 0.1) is 11.7 Å². The summed E-state index contributed by atoms with van der Waals surface area (Å²) in [5.41, 5.74) is 3.07. The fourth-order valence-electron chi connectivity index (χ4n) is 3.39. The number of hydrogen-bond donors (Lipinski definition) is 2.